The molecule has 5 nitrogen and oxygen atoms in total. The Hall–Kier alpha value is -1.75. The highest BCUT2D eigenvalue weighted by Gasteiger charge is 2.31. The summed E-state index contributed by atoms with van der Waals surface area (Å²) in [5.74, 6) is 0.501. The molecule has 1 heterocycles. The highest BCUT2D eigenvalue weighted by Crippen LogP contribution is 2.36. The van der Waals surface area contributed by atoms with Crippen LogP contribution in [0.2, 0.25) is 0 Å². The second-order valence-electron chi connectivity index (χ2n) is 5.81. The number of nitrogens with zero attached hydrogens (tertiary/aromatic N) is 1. The average Bonchev–Trinajstić information content (AvgIpc) is 2.95. The maximum absolute atomic E-state index is 11.8. The zero-order valence-electron chi connectivity index (χ0n) is 12.2. The number of ether oxygens (including phenoxy) is 2. The second-order valence-corrected chi connectivity index (χ2v) is 5.81. The molecule has 2 aliphatic rings. The first-order valence-electron chi connectivity index (χ1n) is 7.51. The van der Waals surface area contributed by atoms with Crippen LogP contribution in [0.5, 0.6) is 11.5 Å². The van der Waals surface area contributed by atoms with Gasteiger partial charge >= 0.3 is 5.97 Å². The van der Waals surface area contributed by atoms with E-state index in [1.807, 2.05) is 18.0 Å². The lowest BCUT2D eigenvalue weighted by atomic mass is 9.92. The number of carboxylic acid groups (broad SMARTS) is 1. The van der Waals surface area contributed by atoms with Gasteiger partial charge < -0.3 is 14.6 Å². The van der Waals surface area contributed by atoms with Gasteiger partial charge in [-0.05, 0) is 37.6 Å². The van der Waals surface area contributed by atoms with E-state index in [0.717, 1.165) is 18.4 Å². The van der Waals surface area contributed by atoms with Crippen LogP contribution in [0.3, 0.4) is 0 Å². The zero-order valence-corrected chi connectivity index (χ0v) is 12.2. The van der Waals surface area contributed by atoms with Crippen LogP contribution in [0.15, 0.2) is 18.2 Å². The van der Waals surface area contributed by atoms with Crippen molar-refractivity contribution in [2.75, 3.05) is 13.8 Å². The molecule has 5 heteroatoms. The minimum absolute atomic E-state index is 0.203. The summed E-state index contributed by atoms with van der Waals surface area (Å²) < 4.78 is 10.6. The van der Waals surface area contributed by atoms with Crippen molar-refractivity contribution < 1.29 is 19.4 Å². The Morgan fingerprint density at radius 1 is 1.24 bits per heavy atom. The van der Waals surface area contributed by atoms with Crippen molar-refractivity contribution in [3.63, 3.8) is 0 Å². The van der Waals surface area contributed by atoms with Crippen molar-refractivity contribution in [3.8, 4) is 11.5 Å². The Balaban J connectivity index is 1.85. The van der Waals surface area contributed by atoms with Crippen molar-refractivity contribution >= 4 is 5.97 Å². The number of fused-ring (bicyclic) bond motifs is 1. The number of rotatable bonds is 4. The highest BCUT2D eigenvalue weighted by molar-refractivity contribution is 5.76. The van der Waals surface area contributed by atoms with E-state index in [9.17, 15) is 9.90 Å². The van der Waals surface area contributed by atoms with Gasteiger partial charge in [0.05, 0.1) is 0 Å². The van der Waals surface area contributed by atoms with Crippen molar-refractivity contribution in [2.24, 2.45) is 0 Å². The molecule has 1 saturated carbocycles. The number of hydrogen-bond donors (Lipinski definition) is 1. The van der Waals surface area contributed by atoms with Crippen LogP contribution in [0.25, 0.3) is 0 Å². The molecule has 0 amide bonds. The predicted molar refractivity (Wildman–Crippen MR) is 77.6 cm³/mol. The molecule has 1 fully saturated rings. The first kappa shape index (κ1) is 14.2. The quantitative estimate of drug-likeness (QED) is 0.924. The third kappa shape index (κ3) is 2.83. The zero-order chi connectivity index (χ0) is 14.8. The number of aliphatic carboxylic acids is 1. The number of carbonyl (C=O) groups is 1. The normalized spacial score (nSPS) is 19.7. The fraction of sp³-hybridized carbons (Fsp3) is 0.562. The van der Waals surface area contributed by atoms with E-state index < -0.39 is 12.0 Å². The van der Waals surface area contributed by atoms with Crippen molar-refractivity contribution in [2.45, 2.75) is 44.2 Å². The van der Waals surface area contributed by atoms with Gasteiger partial charge in [0.25, 0.3) is 0 Å². The third-order valence-corrected chi connectivity index (χ3v) is 4.50. The topological polar surface area (TPSA) is 59.0 Å². The summed E-state index contributed by atoms with van der Waals surface area (Å²) in [5, 5.41) is 9.66. The van der Waals surface area contributed by atoms with E-state index in [0.29, 0.717) is 17.5 Å². The van der Waals surface area contributed by atoms with Crippen LogP contribution in [0.1, 0.15) is 43.7 Å². The molecule has 1 aliphatic heterocycles. The number of likely N-dealkylation sites (N-methyl/N-ethyl adjacent to an activating group) is 1. The van der Waals surface area contributed by atoms with E-state index in [-0.39, 0.29) is 6.79 Å². The minimum atomic E-state index is -0.818. The molecule has 0 saturated heterocycles. The summed E-state index contributed by atoms with van der Waals surface area (Å²) in [7, 11) is 1.92. The van der Waals surface area contributed by atoms with Gasteiger partial charge in [0.15, 0.2) is 11.5 Å². The summed E-state index contributed by atoms with van der Waals surface area (Å²) >= 11 is 0. The largest absolute Gasteiger partial charge is 0.480 e. The first-order valence-corrected chi connectivity index (χ1v) is 7.51. The number of benzene rings is 1. The molecule has 1 N–H and O–H groups in total. The van der Waals surface area contributed by atoms with Gasteiger partial charge in [-0.25, -0.2) is 0 Å². The number of hydrogen-bond acceptors (Lipinski definition) is 4. The Kier molecular flexibility index (Phi) is 4.01. The van der Waals surface area contributed by atoms with Crippen LogP contribution in [0, 0.1) is 0 Å². The molecule has 0 bridgehead atoms. The van der Waals surface area contributed by atoms with Gasteiger partial charge in [0.2, 0.25) is 6.79 Å². The van der Waals surface area contributed by atoms with E-state index in [1.165, 1.54) is 19.3 Å². The Morgan fingerprint density at radius 2 is 1.95 bits per heavy atom. The molecule has 0 radical (unpaired) electrons. The summed E-state index contributed by atoms with van der Waals surface area (Å²) in [6.45, 7) is 0.203. The summed E-state index contributed by atoms with van der Waals surface area (Å²) in [5.41, 5.74) is 0.750. The fourth-order valence-corrected chi connectivity index (χ4v) is 3.33. The SMILES string of the molecule is CN(C1CCCCC1)C(C(=O)O)c1ccc2c(c1)OCO2. The van der Waals surface area contributed by atoms with Gasteiger partial charge in [-0.2, -0.15) is 0 Å². The van der Waals surface area contributed by atoms with Gasteiger partial charge in [0, 0.05) is 6.04 Å². The van der Waals surface area contributed by atoms with Gasteiger partial charge in [-0.1, -0.05) is 25.3 Å². The second kappa shape index (κ2) is 5.93. The molecule has 0 spiro atoms. The van der Waals surface area contributed by atoms with Crippen LogP contribution in [-0.2, 0) is 4.79 Å². The van der Waals surface area contributed by atoms with Crippen LogP contribution < -0.4 is 9.47 Å². The molecular formula is C16H21NO4. The van der Waals surface area contributed by atoms with Gasteiger partial charge in [0.1, 0.15) is 6.04 Å². The van der Waals surface area contributed by atoms with E-state index in [1.54, 1.807) is 12.1 Å². The van der Waals surface area contributed by atoms with Gasteiger partial charge in [-0.15, -0.1) is 0 Å². The van der Waals surface area contributed by atoms with Crippen LogP contribution in [0.4, 0.5) is 0 Å². The van der Waals surface area contributed by atoms with Crippen LogP contribution in [-0.4, -0.2) is 35.9 Å². The molecular weight excluding hydrogens is 270 g/mol. The Morgan fingerprint density at radius 3 is 2.67 bits per heavy atom. The predicted octanol–water partition coefficient (Wildman–Crippen LogP) is 2.81. The summed E-state index contributed by atoms with van der Waals surface area (Å²) in [4.78, 5) is 13.8. The smallest absolute Gasteiger partial charge is 0.325 e. The molecule has 114 valence electrons. The first-order chi connectivity index (χ1) is 10.2. The van der Waals surface area contributed by atoms with Crippen LogP contribution >= 0.6 is 0 Å². The monoisotopic (exact) mass is 291 g/mol. The van der Waals surface area contributed by atoms with Crippen molar-refractivity contribution in [3.05, 3.63) is 23.8 Å². The van der Waals surface area contributed by atoms with E-state index in [2.05, 4.69) is 0 Å². The average molecular weight is 291 g/mol. The molecule has 21 heavy (non-hydrogen) atoms. The Bertz CT molecular complexity index is 525. The molecule has 0 aromatic heterocycles. The molecule has 1 atom stereocenters. The lowest BCUT2D eigenvalue weighted by Crippen LogP contribution is -2.40. The van der Waals surface area contributed by atoms with Crippen molar-refractivity contribution in [1.82, 2.24) is 4.90 Å². The third-order valence-electron chi connectivity index (χ3n) is 4.50. The fourth-order valence-electron chi connectivity index (χ4n) is 3.33. The number of carboxylic acids is 1. The van der Waals surface area contributed by atoms with Crippen molar-refractivity contribution in [1.29, 1.82) is 0 Å². The maximum atomic E-state index is 11.8. The molecule has 1 aromatic carbocycles. The maximum Gasteiger partial charge on any atom is 0.325 e. The van der Waals surface area contributed by atoms with E-state index in [4.69, 9.17) is 9.47 Å². The van der Waals surface area contributed by atoms with Gasteiger partial charge in [-0.3, -0.25) is 9.69 Å². The molecule has 1 aliphatic carbocycles. The minimum Gasteiger partial charge on any atom is -0.480 e. The Labute approximate surface area is 124 Å². The molecule has 1 unspecified atom stereocenters. The van der Waals surface area contributed by atoms with E-state index >= 15 is 0 Å². The molecule has 1 aromatic rings. The lowest BCUT2D eigenvalue weighted by molar-refractivity contribution is -0.144. The standard InChI is InChI=1S/C16H21NO4/c1-17(12-5-3-2-4-6-12)15(16(18)19)11-7-8-13-14(9-11)21-10-20-13/h7-9,12,15H,2-6,10H2,1H3,(H,18,19). The molecule has 3 rings (SSSR count). The summed E-state index contributed by atoms with van der Waals surface area (Å²) in [6.07, 6.45) is 5.77. The lowest BCUT2D eigenvalue weighted by Gasteiger charge is -2.35. The summed E-state index contributed by atoms with van der Waals surface area (Å²) in [6, 6.07) is 5.11. The highest BCUT2D eigenvalue weighted by atomic mass is 16.7.